The minimum absolute atomic E-state index is 0.288. The minimum Gasteiger partial charge on any atom is -0.480 e. The lowest BCUT2D eigenvalue weighted by molar-refractivity contribution is -0.138. The second kappa shape index (κ2) is 3.94. The average molecular weight is 219 g/mol. The van der Waals surface area contributed by atoms with Crippen molar-refractivity contribution in [3.8, 4) is 0 Å². The minimum atomic E-state index is -0.995. The molecule has 3 N–H and O–H groups in total. The van der Waals surface area contributed by atoms with Crippen LogP contribution in [-0.4, -0.2) is 26.5 Å². The summed E-state index contributed by atoms with van der Waals surface area (Å²) < 4.78 is 1.87. The van der Waals surface area contributed by atoms with Gasteiger partial charge in [0.25, 0.3) is 0 Å². The molecular weight excluding hydrogens is 206 g/mol. The number of fused-ring (bicyclic) bond motifs is 1. The predicted molar refractivity (Wildman–Crippen MR) is 59.2 cm³/mol. The Morgan fingerprint density at radius 2 is 2.44 bits per heavy atom. The van der Waals surface area contributed by atoms with Crippen LogP contribution in [0.25, 0.3) is 5.65 Å². The molecule has 0 amide bonds. The van der Waals surface area contributed by atoms with E-state index < -0.39 is 12.0 Å². The number of nitrogens with zero attached hydrogens (tertiary/aromatic N) is 2. The summed E-state index contributed by atoms with van der Waals surface area (Å²) in [6.45, 7) is 1.90. The Morgan fingerprint density at radius 1 is 1.69 bits per heavy atom. The summed E-state index contributed by atoms with van der Waals surface area (Å²) in [6, 6.07) is 2.82. The van der Waals surface area contributed by atoms with Crippen molar-refractivity contribution in [1.29, 1.82) is 0 Å². The van der Waals surface area contributed by atoms with Crippen molar-refractivity contribution < 1.29 is 9.90 Å². The van der Waals surface area contributed by atoms with Crippen molar-refractivity contribution in [2.24, 2.45) is 5.73 Å². The molecule has 2 rings (SSSR count). The van der Waals surface area contributed by atoms with E-state index in [-0.39, 0.29) is 6.42 Å². The van der Waals surface area contributed by atoms with Gasteiger partial charge in [-0.1, -0.05) is 6.07 Å². The Balaban J connectivity index is 2.40. The van der Waals surface area contributed by atoms with Gasteiger partial charge in [-0.2, -0.15) is 0 Å². The molecule has 0 aromatic carbocycles. The van der Waals surface area contributed by atoms with E-state index >= 15 is 0 Å². The maximum absolute atomic E-state index is 10.7. The van der Waals surface area contributed by atoms with E-state index in [4.69, 9.17) is 10.8 Å². The first-order valence-electron chi connectivity index (χ1n) is 4.99. The summed E-state index contributed by atoms with van der Waals surface area (Å²) in [5, 5.41) is 8.77. The fourth-order valence-corrected chi connectivity index (χ4v) is 1.68. The van der Waals surface area contributed by atoms with E-state index in [2.05, 4.69) is 4.98 Å². The highest BCUT2D eigenvalue weighted by atomic mass is 16.4. The third-order valence-electron chi connectivity index (χ3n) is 2.44. The van der Waals surface area contributed by atoms with Crippen molar-refractivity contribution in [1.82, 2.24) is 9.38 Å². The molecule has 0 spiro atoms. The van der Waals surface area contributed by atoms with Gasteiger partial charge < -0.3 is 15.2 Å². The number of nitrogens with two attached hydrogens (primary N) is 1. The molecule has 1 atom stereocenters. The van der Waals surface area contributed by atoms with Crippen LogP contribution in [0.15, 0.2) is 24.5 Å². The zero-order valence-electron chi connectivity index (χ0n) is 8.92. The van der Waals surface area contributed by atoms with Crippen LogP contribution < -0.4 is 5.73 Å². The normalized spacial score (nSPS) is 12.9. The SMILES string of the molecule is Cc1cn2cccc(CC(N)C(=O)O)c2n1. The van der Waals surface area contributed by atoms with Crippen LogP contribution in [0.4, 0.5) is 0 Å². The van der Waals surface area contributed by atoms with Crippen LogP contribution in [0.1, 0.15) is 11.3 Å². The summed E-state index contributed by atoms with van der Waals surface area (Å²) in [4.78, 5) is 15.0. The molecule has 0 aliphatic carbocycles. The summed E-state index contributed by atoms with van der Waals surface area (Å²) in [5.74, 6) is -0.995. The van der Waals surface area contributed by atoms with Gasteiger partial charge in [0.1, 0.15) is 11.7 Å². The van der Waals surface area contributed by atoms with Crippen molar-refractivity contribution in [2.45, 2.75) is 19.4 Å². The Bertz CT molecular complexity index is 533. The highest BCUT2D eigenvalue weighted by molar-refractivity contribution is 5.74. The number of pyridine rings is 1. The first-order valence-corrected chi connectivity index (χ1v) is 4.99. The number of imidazole rings is 1. The van der Waals surface area contributed by atoms with E-state index in [1.165, 1.54) is 0 Å². The van der Waals surface area contributed by atoms with Gasteiger partial charge in [0.15, 0.2) is 0 Å². The van der Waals surface area contributed by atoms with Crippen LogP contribution in [0.3, 0.4) is 0 Å². The third-order valence-corrected chi connectivity index (χ3v) is 2.44. The summed E-state index contributed by atoms with van der Waals surface area (Å²) in [7, 11) is 0. The van der Waals surface area contributed by atoms with Gasteiger partial charge in [-0.3, -0.25) is 4.79 Å². The number of aryl methyl sites for hydroxylation is 1. The van der Waals surface area contributed by atoms with E-state index in [0.717, 1.165) is 16.9 Å². The fourth-order valence-electron chi connectivity index (χ4n) is 1.68. The Kier molecular flexibility index (Phi) is 2.62. The molecule has 1 unspecified atom stereocenters. The van der Waals surface area contributed by atoms with Crippen molar-refractivity contribution in [2.75, 3.05) is 0 Å². The lowest BCUT2D eigenvalue weighted by Crippen LogP contribution is -2.32. The molecule has 0 saturated heterocycles. The van der Waals surface area contributed by atoms with E-state index in [9.17, 15) is 4.79 Å². The Labute approximate surface area is 92.5 Å². The maximum Gasteiger partial charge on any atom is 0.320 e. The van der Waals surface area contributed by atoms with Crippen LogP contribution in [0.2, 0.25) is 0 Å². The van der Waals surface area contributed by atoms with Crippen LogP contribution in [0.5, 0.6) is 0 Å². The van der Waals surface area contributed by atoms with Crippen LogP contribution >= 0.6 is 0 Å². The molecular formula is C11H13N3O2. The van der Waals surface area contributed by atoms with Gasteiger partial charge in [0, 0.05) is 18.8 Å². The molecule has 0 aliphatic heterocycles. The first kappa shape index (κ1) is 10.6. The topological polar surface area (TPSA) is 80.6 Å². The highest BCUT2D eigenvalue weighted by Crippen LogP contribution is 2.12. The molecule has 0 fully saturated rings. The fraction of sp³-hybridized carbons (Fsp3) is 0.273. The molecule has 2 aromatic heterocycles. The molecule has 2 aromatic rings. The van der Waals surface area contributed by atoms with Crippen molar-refractivity contribution >= 4 is 11.6 Å². The van der Waals surface area contributed by atoms with Crippen molar-refractivity contribution in [3.63, 3.8) is 0 Å². The number of rotatable bonds is 3. The quantitative estimate of drug-likeness (QED) is 0.792. The molecule has 5 heteroatoms. The highest BCUT2D eigenvalue weighted by Gasteiger charge is 2.14. The van der Waals surface area contributed by atoms with Crippen LogP contribution in [-0.2, 0) is 11.2 Å². The molecule has 0 saturated carbocycles. The van der Waals surface area contributed by atoms with Gasteiger partial charge in [0.05, 0.1) is 5.69 Å². The number of carboxylic acid groups (broad SMARTS) is 1. The summed E-state index contributed by atoms with van der Waals surface area (Å²) >= 11 is 0. The van der Waals surface area contributed by atoms with E-state index in [1.807, 2.05) is 35.9 Å². The summed E-state index contributed by atoms with van der Waals surface area (Å²) in [5.41, 5.74) is 8.04. The predicted octanol–water partition coefficient (Wildman–Crippen LogP) is 0.597. The lowest BCUT2D eigenvalue weighted by atomic mass is 10.1. The van der Waals surface area contributed by atoms with E-state index in [0.29, 0.717) is 0 Å². The van der Waals surface area contributed by atoms with Gasteiger partial charge >= 0.3 is 5.97 Å². The number of carbonyl (C=O) groups is 1. The molecule has 0 radical (unpaired) electrons. The standard InChI is InChI=1S/C11H13N3O2/c1-7-6-14-4-2-3-8(10(14)13-7)5-9(12)11(15)16/h2-4,6,9H,5,12H2,1H3,(H,15,16). The van der Waals surface area contributed by atoms with Gasteiger partial charge in [-0.15, -0.1) is 0 Å². The van der Waals surface area contributed by atoms with E-state index in [1.54, 1.807) is 0 Å². The lowest BCUT2D eigenvalue weighted by Gasteiger charge is -2.07. The van der Waals surface area contributed by atoms with Gasteiger partial charge in [-0.25, -0.2) is 4.98 Å². The molecule has 5 nitrogen and oxygen atoms in total. The van der Waals surface area contributed by atoms with Gasteiger partial charge in [-0.05, 0) is 18.6 Å². The molecule has 16 heavy (non-hydrogen) atoms. The smallest absolute Gasteiger partial charge is 0.320 e. The zero-order valence-corrected chi connectivity index (χ0v) is 8.92. The number of aromatic nitrogens is 2. The molecule has 0 aliphatic rings. The molecule has 0 bridgehead atoms. The zero-order chi connectivity index (χ0) is 11.7. The summed E-state index contributed by atoms with van der Waals surface area (Å²) in [6.07, 6.45) is 4.06. The number of carboxylic acids is 1. The maximum atomic E-state index is 10.7. The second-order valence-corrected chi connectivity index (χ2v) is 3.80. The first-order chi connectivity index (χ1) is 7.58. The average Bonchev–Trinajstić information content (AvgIpc) is 2.59. The van der Waals surface area contributed by atoms with Gasteiger partial charge in [0.2, 0.25) is 0 Å². The number of hydrogen-bond acceptors (Lipinski definition) is 3. The number of aliphatic carboxylic acids is 1. The third kappa shape index (κ3) is 1.90. The molecule has 84 valence electrons. The molecule has 2 heterocycles. The largest absolute Gasteiger partial charge is 0.480 e. The van der Waals surface area contributed by atoms with Crippen molar-refractivity contribution in [3.05, 3.63) is 35.8 Å². The monoisotopic (exact) mass is 219 g/mol. The Morgan fingerprint density at radius 3 is 3.12 bits per heavy atom. The Hall–Kier alpha value is -1.88. The number of hydrogen-bond donors (Lipinski definition) is 2. The van der Waals surface area contributed by atoms with Crippen LogP contribution in [0, 0.1) is 6.92 Å². The second-order valence-electron chi connectivity index (χ2n) is 3.80.